The molecule has 1 aromatic heterocycles. The Kier molecular flexibility index (Phi) is 2.98. The molecule has 0 amide bonds. The number of aromatic nitrogens is 1. The minimum atomic E-state index is -2.41. The SMILES string of the molecule is Cc1ccc2c(C3CC3)cc(SC(F)F)nc2c1. The van der Waals surface area contributed by atoms with Crippen molar-refractivity contribution in [1.29, 1.82) is 0 Å². The molecule has 4 heteroatoms. The topological polar surface area (TPSA) is 12.9 Å². The highest BCUT2D eigenvalue weighted by Gasteiger charge is 2.26. The van der Waals surface area contributed by atoms with Gasteiger partial charge in [0.05, 0.1) is 5.52 Å². The van der Waals surface area contributed by atoms with Crippen molar-refractivity contribution < 1.29 is 8.78 Å². The predicted molar refractivity (Wildman–Crippen MR) is 70.3 cm³/mol. The highest BCUT2D eigenvalue weighted by atomic mass is 32.2. The van der Waals surface area contributed by atoms with E-state index >= 15 is 0 Å². The molecular weight excluding hydrogens is 252 g/mol. The number of rotatable bonds is 3. The van der Waals surface area contributed by atoms with Gasteiger partial charge in [-0.05, 0) is 60.7 Å². The molecular formula is C14H13F2NS. The molecule has 0 saturated heterocycles. The first-order chi connectivity index (χ1) is 8.63. The highest BCUT2D eigenvalue weighted by Crippen LogP contribution is 2.44. The molecule has 1 fully saturated rings. The zero-order valence-corrected chi connectivity index (χ0v) is 10.8. The van der Waals surface area contributed by atoms with Crippen molar-refractivity contribution in [3.05, 3.63) is 35.4 Å². The summed E-state index contributed by atoms with van der Waals surface area (Å²) < 4.78 is 24.9. The average Bonchev–Trinajstić information content (AvgIpc) is 3.10. The van der Waals surface area contributed by atoms with Gasteiger partial charge in [-0.1, -0.05) is 12.1 Å². The number of halogens is 2. The van der Waals surface area contributed by atoms with Gasteiger partial charge in [-0.3, -0.25) is 0 Å². The van der Waals surface area contributed by atoms with E-state index in [0.29, 0.717) is 22.7 Å². The van der Waals surface area contributed by atoms with Crippen LogP contribution in [0.2, 0.25) is 0 Å². The van der Waals surface area contributed by atoms with Gasteiger partial charge >= 0.3 is 0 Å². The summed E-state index contributed by atoms with van der Waals surface area (Å²) in [6.07, 6.45) is 2.32. The molecule has 0 radical (unpaired) electrons. The van der Waals surface area contributed by atoms with Gasteiger partial charge in [-0.25, -0.2) is 4.98 Å². The molecule has 0 aliphatic heterocycles. The minimum Gasteiger partial charge on any atom is -0.241 e. The van der Waals surface area contributed by atoms with E-state index in [0.717, 1.165) is 29.3 Å². The van der Waals surface area contributed by atoms with Gasteiger partial charge in [0, 0.05) is 5.39 Å². The van der Waals surface area contributed by atoms with E-state index in [4.69, 9.17) is 0 Å². The molecule has 0 unspecified atom stereocenters. The molecule has 0 atom stereocenters. The van der Waals surface area contributed by atoms with Crippen LogP contribution in [-0.2, 0) is 0 Å². The Hall–Kier alpha value is -1.16. The van der Waals surface area contributed by atoms with Crippen molar-refractivity contribution in [3.8, 4) is 0 Å². The van der Waals surface area contributed by atoms with E-state index in [2.05, 4.69) is 17.1 Å². The first kappa shape index (κ1) is 11.9. The van der Waals surface area contributed by atoms with Crippen molar-refractivity contribution in [2.45, 2.75) is 36.5 Å². The quantitative estimate of drug-likeness (QED) is 0.744. The molecule has 1 saturated carbocycles. The van der Waals surface area contributed by atoms with Crippen LogP contribution in [0.15, 0.2) is 29.3 Å². The molecule has 94 valence electrons. The van der Waals surface area contributed by atoms with Crippen LogP contribution in [0.1, 0.15) is 29.9 Å². The van der Waals surface area contributed by atoms with Crippen molar-refractivity contribution in [2.24, 2.45) is 0 Å². The number of benzene rings is 1. The summed E-state index contributed by atoms with van der Waals surface area (Å²) in [7, 11) is 0. The van der Waals surface area contributed by atoms with E-state index in [1.165, 1.54) is 5.56 Å². The van der Waals surface area contributed by atoms with Crippen LogP contribution in [0.4, 0.5) is 8.78 Å². The molecule has 1 aromatic carbocycles. The lowest BCUT2D eigenvalue weighted by Crippen LogP contribution is -1.92. The second-order valence-corrected chi connectivity index (χ2v) is 5.73. The van der Waals surface area contributed by atoms with Crippen molar-refractivity contribution in [2.75, 3.05) is 0 Å². The fourth-order valence-corrected chi connectivity index (χ4v) is 2.75. The van der Waals surface area contributed by atoms with E-state index in [1.54, 1.807) is 0 Å². The molecule has 1 nitrogen and oxygen atoms in total. The lowest BCUT2D eigenvalue weighted by molar-refractivity contribution is 0.252. The number of thioether (sulfide) groups is 1. The van der Waals surface area contributed by atoms with Crippen LogP contribution in [-0.4, -0.2) is 10.7 Å². The largest absolute Gasteiger partial charge is 0.290 e. The maximum atomic E-state index is 12.5. The lowest BCUT2D eigenvalue weighted by Gasteiger charge is -2.09. The third-order valence-electron chi connectivity index (χ3n) is 3.20. The maximum Gasteiger partial charge on any atom is 0.290 e. The Labute approximate surface area is 109 Å². The molecule has 18 heavy (non-hydrogen) atoms. The predicted octanol–water partition coefficient (Wildman–Crippen LogP) is 4.74. The summed E-state index contributed by atoms with van der Waals surface area (Å²) in [6, 6.07) is 7.92. The van der Waals surface area contributed by atoms with Crippen LogP contribution in [0, 0.1) is 6.92 Å². The summed E-state index contributed by atoms with van der Waals surface area (Å²) >= 11 is 0.534. The van der Waals surface area contributed by atoms with Crippen LogP contribution in [0.5, 0.6) is 0 Å². The van der Waals surface area contributed by atoms with Crippen molar-refractivity contribution >= 4 is 22.7 Å². The molecule has 3 rings (SSSR count). The van der Waals surface area contributed by atoms with Gasteiger partial charge in [-0.15, -0.1) is 0 Å². The van der Waals surface area contributed by atoms with Crippen molar-refractivity contribution in [3.63, 3.8) is 0 Å². The van der Waals surface area contributed by atoms with Crippen LogP contribution >= 0.6 is 11.8 Å². The molecule has 2 aromatic rings. The third-order valence-corrected chi connectivity index (χ3v) is 3.83. The standard InChI is InChI=1S/C14H13F2NS/c1-8-2-5-10-11(9-3-4-9)7-13(18-14(15)16)17-12(10)6-8/h2,5-7,9,14H,3-4H2,1H3. The molecule has 0 bridgehead atoms. The third kappa shape index (κ3) is 2.34. The summed E-state index contributed by atoms with van der Waals surface area (Å²) in [5.74, 6) is -1.87. The van der Waals surface area contributed by atoms with E-state index in [1.807, 2.05) is 19.1 Å². The summed E-state index contributed by atoms with van der Waals surface area (Å²) in [4.78, 5) is 4.33. The fraction of sp³-hybridized carbons (Fsp3) is 0.357. The van der Waals surface area contributed by atoms with Gasteiger partial charge in [0.25, 0.3) is 5.76 Å². The highest BCUT2D eigenvalue weighted by molar-refractivity contribution is 7.99. The van der Waals surface area contributed by atoms with E-state index in [9.17, 15) is 8.78 Å². The summed E-state index contributed by atoms with van der Waals surface area (Å²) in [5, 5.41) is 1.55. The summed E-state index contributed by atoms with van der Waals surface area (Å²) in [6.45, 7) is 1.99. The Morgan fingerprint density at radius 2 is 2.06 bits per heavy atom. The Morgan fingerprint density at radius 1 is 1.28 bits per heavy atom. The Morgan fingerprint density at radius 3 is 2.72 bits per heavy atom. The maximum absolute atomic E-state index is 12.5. The van der Waals surface area contributed by atoms with E-state index in [-0.39, 0.29) is 0 Å². The zero-order valence-electron chi connectivity index (χ0n) is 9.99. The Balaban J connectivity index is 2.15. The second kappa shape index (κ2) is 4.50. The summed E-state index contributed by atoms with van der Waals surface area (Å²) in [5.41, 5.74) is 3.13. The first-order valence-corrected chi connectivity index (χ1v) is 6.87. The van der Waals surface area contributed by atoms with Gasteiger partial charge in [0.1, 0.15) is 5.03 Å². The number of nitrogens with zero attached hydrogens (tertiary/aromatic N) is 1. The normalized spacial score (nSPS) is 15.6. The van der Waals surface area contributed by atoms with Gasteiger partial charge in [-0.2, -0.15) is 8.78 Å². The van der Waals surface area contributed by atoms with Crippen LogP contribution in [0.25, 0.3) is 10.9 Å². The molecule has 1 aliphatic rings. The molecule has 0 N–H and O–H groups in total. The number of hydrogen-bond donors (Lipinski definition) is 0. The number of alkyl halides is 2. The average molecular weight is 265 g/mol. The number of pyridine rings is 1. The molecule has 0 spiro atoms. The smallest absolute Gasteiger partial charge is 0.241 e. The number of aryl methyl sites for hydroxylation is 1. The minimum absolute atomic E-state index is 0.435. The fourth-order valence-electron chi connectivity index (χ4n) is 2.22. The van der Waals surface area contributed by atoms with Gasteiger partial charge in [0.2, 0.25) is 0 Å². The van der Waals surface area contributed by atoms with E-state index < -0.39 is 5.76 Å². The zero-order chi connectivity index (χ0) is 12.7. The lowest BCUT2D eigenvalue weighted by atomic mass is 10.0. The molecule has 1 aliphatic carbocycles. The number of fused-ring (bicyclic) bond motifs is 1. The van der Waals surface area contributed by atoms with Crippen molar-refractivity contribution in [1.82, 2.24) is 4.98 Å². The molecule has 1 heterocycles. The van der Waals surface area contributed by atoms with Gasteiger partial charge < -0.3 is 0 Å². The van der Waals surface area contributed by atoms with Gasteiger partial charge in [0.15, 0.2) is 0 Å². The van der Waals surface area contributed by atoms with Crippen LogP contribution < -0.4 is 0 Å². The number of hydrogen-bond acceptors (Lipinski definition) is 2. The van der Waals surface area contributed by atoms with Crippen LogP contribution in [0.3, 0.4) is 0 Å². The Bertz CT molecular complexity index is 594. The first-order valence-electron chi connectivity index (χ1n) is 5.99. The monoisotopic (exact) mass is 265 g/mol. The second-order valence-electron chi connectivity index (χ2n) is 4.72.